The molecule has 3 aromatic rings. The number of nitrogens with one attached hydrogen (secondary N) is 2. The molecule has 2 N–H and O–H groups in total. The average molecular weight is 429 g/mol. The summed E-state index contributed by atoms with van der Waals surface area (Å²) in [6.07, 6.45) is 1.50. The molecule has 0 spiro atoms. The highest BCUT2D eigenvalue weighted by molar-refractivity contribution is 6.41. The number of rotatable bonds is 4. The van der Waals surface area contributed by atoms with Gasteiger partial charge in [0, 0.05) is 27.7 Å². The third-order valence-corrected chi connectivity index (χ3v) is 4.83. The van der Waals surface area contributed by atoms with Gasteiger partial charge in [-0.05, 0) is 56.3 Å². The van der Waals surface area contributed by atoms with E-state index in [1.807, 2.05) is 48.7 Å². The number of carbonyl (C=O) groups excluding carboxylic acids is 2. The van der Waals surface area contributed by atoms with Gasteiger partial charge >= 0.3 is 11.8 Å². The second-order valence-corrected chi connectivity index (χ2v) is 7.12. The molecule has 8 heteroatoms. The van der Waals surface area contributed by atoms with Gasteiger partial charge in [0.05, 0.1) is 16.9 Å². The molecule has 0 aliphatic carbocycles. The number of halogens is 2. The van der Waals surface area contributed by atoms with Crippen LogP contribution in [0.5, 0.6) is 0 Å². The minimum Gasteiger partial charge on any atom is -0.318 e. The first-order valence-electron chi connectivity index (χ1n) is 8.70. The number of para-hydroxylation sites is 1. The lowest BCUT2D eigenvalue weighted by Gasteiger charge is -2.09. The molecule has 0 bridgehead atoms. The number of anilines is 1. The number of hydrogen-bond donors (Lipinski definition) is 2. The first kappa shape index (κ1) is 20.6. The fourth-order valence-corrected chi connectivity index (χ4v) is 3.17. The Kier molecular flexibility index (Phi) is 6.36. The number of hydrazone groups is 1. The normalized spacial score (nSPS) is 10.9. The van der Waals surface area contributed by atoms with E-state index in [0.29, 0.717) is 15.7 Å². The summed E-state index contributed by atoms with van der Waals surface area (Å²) in [6, 6.07) is 16.1. The fourth-order valence-electron chi connectivity index (χ4n) is 2.86. The Morgan fingerprint density at radius 1 is 1.00 bits per heavy atom. The van der Waals surface area contributed by atoms with Gasteiger partial charge in [-0.1, -0.05) is 35.3 Å². The zero-order chi connectivity index (χ0) is 21.0. The van der Waals surface area contributed by atoms with Crippen molar-refractivity contribution in [3.8, 4) is 5.69 Å². The molecule has 29 heavy (non-hydrogen) atoms. The molecule has 6 nitrogen and oxygen atoms in total. The van der Waals surface area contributed by atoms with Crippen LogP contribution in [-0.2, 0) is 9.59 Å². The van der Waals surface area contributed by atoms with Gasteiger partial charge in [-0.15, -0.1) is 0 Å². The third kappa shape index (κ3) is 4.85. The Bertz CT molecular complexity index is 1090. The summed E-state index contributed by atoms with van der Waals surface area (Å²) < 4.78 is 2.05. The molecular formula is C21H18Cl2N4O2. The average Bonchev–Trinajstić information content (AvgIpc) is 2.97. The molecule has 0 unspecified atom stereocenters. The lowest BCUT2D eigenvalue weighted by molar-refractivity contribution is -0.136. The van der Waals surface area contributed by atoms with Gasteiger partial charge in [0.1, 0.15) is 0 Å². The standard InChI is InChI=1S/C21H18Cl2N4O2/c1-13-11-15(14(2)27(13)17-9-7-16(22)8-10-17)12-24-26-21(29)20(28)25-19-6-4-3-5-18(19)23/h3-12H,1-2H3,(H,25,28)(H,26,29)/b24-12-. The predicted octanol–water partition coefficient (Wildman–Crippen LogP) is 4.49. The molecule has 0 radical (unpaired) electrons. The number of benzene rings is 2. The molecular weight excluding hydrogens is 411 g/mol. The molecule has 2 amide bonds. The van der Waals surface area contributed by atoms with Gasteiger partial charge in [-0.3, -0.25) is 9.59 Å². The maximum Gasteiger partial charge on any atom is 0.329 e. The van der Waals surface area contributed by atoms with E-state index in [0.717, 1.165) is 22.6 Å². The van der Waals surface area contributed by atoms with Crippen molar-refractivity contribution in [2.24, 2.45) is 5.10 Å². The lowest BCUT2D eigenvalue weighted by atomic mass is 10.2. The maximum absolute atomic E-state index is 12.0. The first-order chi connectivity index (χ1) is 13.9. The summed E-state index contributed by atoms with van der Waals surface area (Å²) in [5, 5.41) is 7.34. The number of carbonyl (C=O) groups is 2. The summed E-state index contributed by atoms with van der Waals surface area (Å²) in [7, 11) is 0. The highest BCUT2D eigenvalue weighted by Gasteiger charge is 2.14. The van der Waals surface area contributed by atoms with Gasteiger partial charge in [0.15, 0.2) is 0 Å². The molecule has 148 valence electrons. The van der Waals surface area contributed by atoms with Gasteiger partial charge < -0.3 is 9.88 Å². The SMILES string of the molecule is Cc1cc(/C=N\NC(=O)C(=O)Nc2ccccc2Cl)c(C)n1-c1ccc(Cl)cc1. The maximum atomic E-state index is 12.0. The van der Waals surface area contributed by atoms with E-state index in [2.05, 4.69) is 15.8 Å². The summed E-state index contributed by atoms with van der Waals surface area (Å²) in [5.74, 6) is -1.76. The van der Waals surface area contributed by atoms with Crippen molar-refractivity contribution >= 4 is 46.9 Å². The van der Waals surface area contributed by atoms with Crippen LogP contribution in [0.15, 0.2) is 59.7 Å². The summed E-state index contributed by atoms with van der Waals surface area (Å²) in [6.45, 7) is 3.91. The highest BCUT2D eigenvalue weighted by atomic mass is 35.5. The van der Waals surface area contributed by atoms with Gasteiger partial charge in [0.25, 0.3) is 0 Å². The second kappa shape index (κ2) is 8.94. The highest BCUT2D eigenvalue weighted by Crippen LogP contribution is 2.22. The zero-order valence-electron chi connectivity index (χ0n) is 15.7. The molecule has 0 saturated carbocycles. The minimum atomic E-state index is -0.896. The van der Waals surface area contributed by atoms with E-state index in [9.17, 15) is 9.59 Å². The van der Waals surface area contributed by atoms with Crippen molar-refractivity contribution in [2.45, 2.75) is 13.8 Å². The van der Waals surface area contributed by atoms with Crippen LogP contribution >= 0.6 is 23.2 Å². The Balaban J connectivity index is 1.68. The van der Waals surface area contributed by atoms with Gasteiger partial charge in [0.2, 0.25) is 0 Å². The van der Waals surface area contributed by atoms with E-state index < -0.39 is 11.8 Å². The number of aryl methyl sites for hydroxylation is 1. The molecule has 3 rings (SSSR count). The molecule has 0 atom stereocenters. The van der Waals surface area contributed by atoms with Crippen molar-refractivity contribution in [1.82, 2.24) is 9.99 Å². The number of aromatic nitrogens is 1. The van der Waals surface area contributed by atoms with E-state index in [-0.39, 0.29) is 0 Å². The van der Waals surface area contributed by atoms with Crippen LogP contribution in [0.4, 0.5) is 5.69 Å². The van der Waals surface area contributed by atoms with Crippen molar-refractivity contribution < 1.29 is 9.59 Å². The van der Waals surface area contributed by atoms with Crippen molar-refractivity contribution in [3.05, 3.63) is 81.6 Å². The Morgan fingerprint density at radius 3 is 2.38 bits per heavy atom. The number of nitrogens with zero attached hydrogens (tertiary/aromatic N) is 2. The fraction of sp³-hybridized carbons (Fsp3) is 0.0952. The topological polar surface area (TPSA) is 75.5 Å². The Morgan fingerprint density at radius 2 is 1.69 bits per heavy atom. The van der Waals surface area contributed by atoms with Crippen LogP contribution in [-0.4, -0.2) is 22.6 Å². The quantitative estimate of drug-likeness (QED) is 0.364. The van der Waals surface area contributed by atoms with Crippen LogP contribution in [0.1, 0.15) is 17.0 Å². The Labute approximate surface area is 178 Å². The molecule has 1 aromatic heterocycles. The van der Waals surface area contributed by atoms with E-state index in [4.69, 9.17) is 23.2 Å². The lowest BCUT2D eigenvalue weighted by Crippen LogP contribution is -2.32. The van der Waals surface area contributed by atoms with Crippen molar-refractivity contribution in [1.29, 1.82) is 0 Å². The van der Waals surface area contributed by atoms with E-state index in [1.54, 1.807) is 24.3 Å². The zero-order valence-corrected chi connectivity index (χ0v) is 17.3. The Hall–Kier alpha value is -3.09. The summed E-state index contributed by atoms with van der Waals surface area (Å²) in [5.41, 5.74) is 6.28. The van der Waals surface area contributed by atoms with Crippen LogP contribution in [0, 0.1) is 13.8 Å². The summed E-state index contributed by atoms with van der Waals surface area (Å²) >= 11 is 11.9. The largest absolute Gasteiger partial charge is 0.329 e. The first-order valence-corrected chi connectivity index (χ1v) is 9.46. The van der Waals surface area contributed by atoms with Crippen LogP contribution in [0.25, 0.3) is 5.69 Å². The second-order valence-electron chi connectivity index (χ2n) is 6.27. The molecule has 0 fully saturated rings. The van der Waals surface area contributed by atoms with Crippen molar-refractivity contribution in [3.63, 3.8) is 0 Å². The third-order valence-electron chi connectivity index (χ3n) is 4.25. The number of amides is 2. The summed E-state index contributed by atoms with van der Waals surface area (Å²) in [4.78, 5) is 23.9. The molecule has 2 aromatic carbocycles. The van der Waals surface area contributed by atoms with Crippen molar-refractivity contribution in [2.75, 3.05) is 5.32 Å². The minimum absolute atomic E-state index is 0.340. The van der Waals surface area contributed by atoms with Crippen LogP contribution in [0.3, 0.4) is 0 Å². The predicted molar refractivity (Wildman–Crippen MR) is 116 cm³/mol. The molecule has 0 aliphatic rings. The van der Waals surface area contributed by atoms with E-state index >= 15 is 0 Å². The molecule has 0 saturated heterocycles. The monoisotopic (exact) mass is 428 g/mol. The molecule has 1 heterocycles. The number of hydrogen-bond acceptors (Lipinski definition) is 3. The van der Waals surface area contributed by atoms with Gasteiger partial charge in [-0.2, -0.15) is 5.10 Å². The van der Waals surface area contributed by atoms with E-state index in [1.165, 1.54) is 6.21 Å². The smallest absolute Gasteiger partial charge is 0.318 e. The molecule has 0 aliphatic heterocycles. The van der Waals surface area contributed by atoms with Crippen LogP contribution < -0.4 is 10.7 Å². The van der Waals surface area contributed by atoms with Crippen LogP contribution in [0.2, 0.25) is 10.0 Å². The van der Waals surface area contributed by atoms with Gasteiger partial charge in [-0.25, -0.2) is 5.43 Å².